The first-order chi connectivity index (χ1) is 11.9. The van der Waals surface area contributed by atoms with Crippen LogP contribution in [0.15, 0.2) is 29.2 Å². The number of hydrogen-bond acceptors (Lipinski definition) is 4. The molecule has 1 aromatic rings. The second-order valence-electron chi connectivity index (χ2n) is 6.60. The highest BCUT2D eigenvalue weighted by Gasteiger charge is 2.38. The van der Waals surface area contributed by atoms with Gasteiger partial charge in [0.1, 0.15) is 0 Å². The molecule has 0 aromatic heterocycles. The molecule has 1 heterocycles. The van der Waals surface area contributed by atoms with Gasteiger partial charge in [0.25, 0.3) is 10.0 Å². The number of urea groups is 1. The topological polar surface area (TPSA) is 60.9 Å². The highest BCUT2D eigenvalue weighted by Crippen LogP contribution is 2.22. The number of nitrogens with zero attached hydrogens (tertiary/aromatic N) is 3. The van der Waals surface area contributed by atoms with Gasteiger partial charge in [0.05, 0.1) is 18.2 Å². The summed E-state index contributed by atoms with van der Waals surface area (Å²) in [5.41, 5.74) is 0.984. The van der Waals surface area contributed by atoms with E-state index < -0.39 is 16.1 Å². The van der Waals surface area contributed by atoms with E-state index >= 15 is 0 Å². The number of amides is 2. The summed E-state index contributed by atoms with van der Waals surface area (Å²) in [4.78, 5) is 16.6. The number of rotatable bonds is 8. The molecule has 0 aliphatic carbocycles. The van der Waals surface area contributed by atoms with Crippen LogP contribution in [0.25, 0.3) is 0 Å². The van der Waals surface area contributed by atoms with Crippen LogP contribution in [0.2, 0.25) is 0 Å². The third-order valence-corrected chi connectivity index (χ3v) is 6.12. The predicted molar refractivity (Wildman–Crippen MR) is 98.6 cm³/mol. The molecule has 1 saturated heterocycles. The average Bonchev–Trinajstić information content (AvgIpc) is 2.59. The van der Waals surface area contributed by atoms with Crippen LogP contribution in [-0.2, 0) is 10.0 Å². The first kappa shape index (κ1) is 19.7. The minimum absolute atomic E-state index is 0.123. The van der Waals surface area contributed by atoms with Crippen molar-refractivity contribution in [2.75, 3.05) is 26.4 Å². The first-order valence-corrected chi connectivity index (χ1v) is 10.4. The maximum absolute atomic E-state index is 13.0. The smallest absolute Gasteiger partial charge is 0.311 e. The molecular weight excluding hydrogens is 338 g/mol. The Hall–Kier alpha value is -1.60. The number of aryl methyl sites for hydroxylation is 1. The van der Waals surface area contributed by atoms with Gasteiger partial charge in [-0.15, -0.1) is 0 Å². The van der Waals surface area contributed by atoms with Gasteiger partial charge in [0, 0.05) is 13.1 Å². The zero-order valence-corrected chi connectivity index (χ0v) is 16.3. The number of carbonyl (C=O) groups is 1. The third kappa shape index (κ3) is 4.73. The highest BCUT2D eigenvalue weighted by atomic mass is 32.2. The number of unbranched alkanes of at least 4 members (excludes halogenated alkanes) is 2. The van der Waals surface area contributed by atoms with Gasteiger partial charge in [-0.25, -0.2) is 17.5 Å². The first-order valence-electron chi connectivity index (χ1n) is 9.00. The molecule has 0 unspecified atom stereocenters. The lowest BCUT2D eigenvalue weighted by molar-refractivity contribution is 0.0634. The van der Waals surface area contributed by atoms with Crippen molar-refractivity contribution in [3.05, 3.63) is 29.8 Å². The Bertz CT molecular complexity index is 673. The van der Waals surface area contributed by atoms with Crippen molar-refractivity contribution in [2.45, 2.75) is 51.3 Å². The van der Waals surface area contributed by atoms with Crippen LogP contribution >= 0.6 is 0 Å². The van der Waals surface area contributed by atoms with E-state index in [1.807, 2.05) is 11.8 Å². The van der Waals surface area contributed by atoms with Crippen molar-refractivity contribution in [2.24, 2.45) is 0 Å². The van der Waals surface area contributed by atoms with E-state index in [1.165, 1.54) is 0 Å². The van der Waals surface area contributed by atoms with Crippen molar-refractivity contribution in [3.8, 4) is 0 Å². The van der Waals surface area contributed by atoms with Crippen LogP contribution < -0.4 is 0 Å². The lowest BCUT2D eigenvalue weighted by atomic mass is 10.2. The lowest BCUT2D eigenvalue weighted by Gasteiger charge is -2.41. The van der Waals surface area contributed by atoms with E-state index in [4.69, 9.17) is 0 Å². The van der Waals surface area contributed by atoms with Crippen LogP contribution in [0, 0.1) is 6.92 Å². The van der Waals surface area contributed by atoms with Crippen LogP contribution in [0.4, 0.5) is 4.79 Å². The number of benzene rings is 1. The summed E-state index contributed by atoms with van der Waals surface area (Å²) in [6, 6.07) is 6.23. The average molecular weight is 368 g/mol. The Morgan fingerprint density at radius 1 is 0.960 bits per heavy atom. The summed E-state index contributed by atoms with van der Waals surface area (Å²) in [5, 5.41) is 0. The molecule has 0 atom stereocenters. The Morgan fingerprint density at radius 3 is 2.16 bits per heavy atom. The van der Waals surface area contributed by atoms with Gasteiger partial charge in [-0.1, -0.05) is 44.4 Å². The van der Waals surface area contributed by atoms with Crippen LogP contribution in [0.5, 0.6) is 0 Å². The van der Waals surface area contributed by atoms with Crippen molar-refractivity contribution >= 4 is 16.1 Å². The molecule has 0 radical (unpaired) electrons. The van der Waals surface area contributed by atoms with Gasteiger partial charge >= 0.3 is 6.03 Å². The van der Waals surface area contributed by atoms with Gasteiger partial charge in [-0.3, -0.25) is 4.90 Å². The van der Waals surface area contributed by atoms with Crippen molar-refractivity contribution in [1.82, 2.24) is 14.1 Å². The predicted octanol–water partition coefficient (Wildman–Crippen LogP) is 3.24. The van der Waals surface area contributed by atoms with Crippen molar-refractivity contribution in [3.63, 3.8) is 0 Å². The zero-order valence-electron chi connectivity index (χ0n) is 15.4. The fourth-order valence-electron chi connectivity index (χ4n) is 2.80. The SMILES string of the molecule is CCCCN1CN(CCCC)C(=O)N(S(=O)(=O)c2ccc(C)cc2)C1. The molecular formula is C18H29N3O3S. The number of sulfonamides is 1. The monoisotopic (exact) mass is 367 g/mol. The Kier molecular flexibility index (Phi) is 6.84. The van der Waals surface area contributed by atoms with E-state index in [-0.39, 0.29) is 11.6 Å². The maximum Gasteiger partial charge on any atom is 0.336 e. The Balaban J connectivity index is 2.27. The van der Waals surface area contributed by atoms with Crippen molar-refractivity contribution < 1.29 is 13.2 Å². The summed E-state index contributed by atoms with van der Waals surface area (Å²) < 4.78 is 27.0. The normalized spacial score (nSPS) is 16.5. The number of carbonyl (C=O) groups excluding carboxylic acids is 1. The molecule has 0 saturated carbocycles. The fourth-order valence-corrected chi connectivity index (χ4v) is 4.17. The Labute approximate surface area is 151 Å². The maximum atomic E-state index is 13.0. The molecule has 1 aromatic carbocycles. The molecule has 1 aliphatic heterocycles. The van der Waals surface area contributed by atoms with E-state index in [2.05, 4.69) is 13.8 Å². The standard InChI is InChI=1S/C18H29N3O3S/c1-4-6-12-19-14-20(13-7-5-2)18(22)21(15-19)25(23,24)17-10-8-16(3)9-11-17/h8-11H,4-7,12-15H2,1-3H3. The summed E-state index contributed by atoms with van der Waals surface area (Å²) >= 11 is 0. The molecule has 0 bridgehead atoms. The van der Waals surface area contributed by atoms with E-state index in [0.717, 1.165) is 42.1 Å². The van der Waals surface area contributed by atoms with E-state index in [9.17, 15) is 13.2 Å². The molecule has 7 heteroatoms. The van der Waals surface area contributed by atoms with Gasteiger partial charge < -0.3 is 4.90 Å². The van der Waals surface area contributed by atoms with Crippen LogP contribution in [-0.4, -0.2) is 55.0 Å². The summed E-state index contributed by atoms with van der Waals surface area (Å²) in [5.74, 6) is 0. The van der Waals surface area contributed by atoms with E-state index in [0.29, 0.717) is 13.2 Å². The Morgan fingerprint density at radius 2 is 1.56 bits per heavy atom. The zero-order chi connectivity index (χ0) is 18.4. The fraction of sp³-hybridized carbons (Fsp3) is 0.611. The molecule has 6 nitrogen and oxygen atoms in total. The van der Waals surface area contributed by atoms with E-state index in [1.54, 1.807) is 29.2 Å². The minimum atomic E-state index is -3.84. The summed E-state index contributed by atoms with van der Waals surface area (Å²) in [7, 11) is -3.84. The number of hydrogen-bond donors (Lipinski definition) is 0. The molecule has 0 N–H and O–H groups in total. The molecule has 2 amide bonds. The second kappa shape index (κ2) is 8.67. The van der Waals surface area contributed by atoms with Crippen LogP contribution in [0.3, 0.4) is 0 Å². The molecule has 0 spiro atoms. The molecule has 140 valence electrons. The summed E-state index contributed by atoms with van der Waals surface area (Å²) in [6.07, 6.45) is 3.84. The second-order valence-corrected chi connectivity index (χ2v) is 8.46. The lowest BCUT2D eigenvalue weighted by Crippen LogP contribution is -2.59. The minimum Gasteiger partial charge on any atom is -0.311 e. The quantitative estimate of drug-likeness (QED) is 0.708. The van der Waals surface area contributed by atoms with Gasteiger partial charge in [0.15, 0.2) is 0 Å². The highest BCUT2D eigenvalue weighted by molar-refractivity contribution is 7.89. The molecule has 1 fully saturated rings. The van der Waals surface area contributed by atoms with Crippen LogP contribution in [0.1, 0.15) is 45.1 Å². The van der Waals surface area contributed by atoms with Gasteiger partial charge in [-0.2, -0.15) is 0 Å². The third-order valence-electron chi connectivity index (χ3n) is 4.40. The molecule has 1 aliphatic rings. The molecule has 2 rings (SSSR count). The van der Waals surface area contributed by atoms with Gasteiger partial charge in [-0.05, 0) is 31.9 Å². The molecule has 25 heavy (non-hydrogen) atoms. The van der Waals surface area contributed by atoms with Gasteiger partial charge in [0.2, 0.25) is 0 Å². The van der Waals surface area contributed by atoms with Crippen molar-refractivity contribution in [1.29, 1.82) is 0 Å². The summed E-state index contributed by atoms with van der Waals surface area (Å²) in [6.45, 7) is 8.05. The largest absolute Gasteiger partial charge is 0.336 e.